The summed E-state index contributed by atoms with van der Waals surface area (Å²) in [6.07, 6.45) is 0. The average molecular weight is 447 g/mol. The van der Waals surface area contributed by atoms with Gasteiger partial charge in [-0.25, -0.2) is 0 Å². The van der Waals surface area contributed by atoms with Crippen molar-refractivity contribution in [3.63, 3.8) is 0 Å². The fourth-order valence-corrected chi connectivity index (χ4v) is 3.62. The fraction of sp³-hybridized carbons (Fsp3) is 0.250. The maximum atomic E-state index is 12.4. The van der Waals surface area contributed by atoms with E-state index in [0.29, 0.717) is 40.3 Å². The Balaban J connectivity index is 1.25. The van der Waals surface area contributed by atoms with Gasteiger partial charge in [-0.05, 0) is 42.5 Å². The lowest BCUT2D eigenvalue weighted by Gasteiger charge is -2.07. The molecule has 1 aromatic heterocycles. The summed E-state index contributed by atoms with van der Waals surface area (Å²) >= 11 is 7.39. The number of rotatable bonds is 8. The van der Waals surface area contributed by atoms with Crippen molar-refractivity contribution in [3.05, 3.63) is 58.9 Å². The van der Waals surface area contributed by atoms with Crippen LogP contribution >= 0.6 is 23.4 Å². The molecule has 0 saturated heterocycles. The van der Waals surface area contributed by atoms with E-state index in [4.69, 9.17) is 25.8 Å². The van der Waals surface area contributed by atoms with Gasteiger partial charge in [0.15, 0.2) is 22.5 Å². The van der Waals surface area contributed by atoms with Gasteiger partial charge in [-0.15, -0.1) is 10.2 Å². The van der Waals surface area contributed by atoms with Crippen LogP contribution in [-0.2, 0) is 13.6 Å². The largest absolute Gasteiger partial charge is 0.493 e. The second-order valence-corrected chi connectivity index (χ2v) is 7.86. The maximum Gasteiger partial charge on any atom is 0.251 e. The molecule has 156 valence electrons. The van der Waals surface area contributed by atoms with E-state index < -0.39 is 0 Å². The summed E-state index contributed by atoms with van der Waals surface area (Å²) in [5.74, 6) is 3.12. The van der Waals surface area contributed by atoms with Crippen molar-refractivity contribution in [1.82, 2.24) is 20.1 Å². The fourth-order valence-electron chi connectivity index (χ4n) is 2.75. The van der Waals surface area contributed by atoms with Gasteiger partial charge in [0.05, 0.1) is 13.2 Å². The van der Waals surface area contributed by atoms with Gasteiger partial charge in [-0.1, -0.05) is 23.4 Å². The number of fused-ring (bicyclic) bond motifs is 1. The molecular weight excluding hydrogens is 428 g/mol. The number of hydrogen-bond acceptors (Lipinski definition) is 7. The zero-order valence-corrected chi connectivity index (χ0v) is 17.7. The highest BCUT2D eigenvalue weighted by Crippen LogP contribution is 2.32. The van der Waals surface area contributed by atoms with Crippen molar-refractivity contribution < 1.29 is 19.0 Å². The zero-order valence-electron chi connectivity index (χ0n) is 16.1. The van der Waals surface area contributed by atoms with Crippen LogP contribution in [0.3, 0.4) is 0 Å². The van der Waals surface area contributed by atoms with Gasteiger partial charge < -0.3 is 24.1 Å². The second-order valence-electron chi connectivity index (χ2n) is 6.36. The summed E-state index contributed by atoms with van der Waals surface area (Å²) in [5.41, 5.74) is 0.496. The summed E-state index contributed by atoms with van der Waals surface area (Å²) in [6, 6.07) is 12.3. The predicted octanol–water partition coefficient (Wildman–Crippen LogP) is 3.30. The minimum Gasteiger partial charge on any atom is -0.493 e. The number of carbonyl (C=O) groups excluding carboxylic acids is 1. The molecule has 0 unspecified atom stereocenters. The number of nitrogens with zero attached hydrogens (tertiary/aromatic N) is 3. The van der Waals surface area contributed by atoms with E-state index in [1.807, 2.05) is 23.7 Å². The molecule has 1 aliphatic rings. The highest BCUT2D eigenvalue weighted by Gasteiger charge is 2.17. The normalized spacial score (nSPS) is 12.1. The zero-order chi connectivity index (χ0) is 20.9. The number of carbonyl (C=O) groups is 1. The minimum atomic E-state index is -0.220. The molecule has 2 heterocycles. The van der Waals surface area contributed by atoms with Gasteiger partial charge in [-0.3, -0.25) is 4.79 Å². The molecular formula is C20H19ClN4O4S. The molecule has 4 rings (SSSR count). The molecule has 10 heteroatoms. The Morgan fingerprint density at radius 1 is 1.20 bits per heavy atom. The molecule has 0 bridgehead atoms. The first-order chi connectivity index (χ1) is 14.6. The number of nitrogens with one attached hydrogen (secondary N) is 1. The number of halogens is 1. The van der Waals surface area contributed by atoms with Crippen LogP contribution in [0.5, 0.6) is 17.2 Å². The molecule has 0 spiro atoms. The monoisotopic (exact) mass is 446 g/mol. The van der Waals surface area contributed by atoms with Gasteiger partial charge in [0, 0.05) is 23.4 Å². The Hall–Kier alpha value is -2.91. The standard InChI is InChI=1S/C20H19ClN4O4S/c1-25-18(11-22-19(26)13-2-7-16-17(10-13)29-12-28-16)23-24-20(25)30-9-8-27-15-5-3-14(21)4-6-15/h2-7,10H,8-9,11-12H2,1H3,(H,22,26). The number of ether oxygens (including phenoxy) is 3. The molecule has 8 nitrogen and oxygen atoms in total. The van der Waals surface area contributed by atoms with E-state index in [-0.39, 0.29) is 19.2 Å². The van der Waals surface area contributed by atoms with Crippen LogP contribution in [0.25, 0.3) is 0 Å². The third kappa shape index (κ3) is 4.80. The number of thioether (sulfide) groups is 1. The summed E-state index contributed by atoms with van der Waals surface area (Å²) in [6.45, 7) is 0.957. The van der Waals surface area contributed by atoms with Crippen molar-refractivity contribution in [2.45, 2.75) is 11.7 Å². The van der Waals surface area contributed by atoms with Crippen LogP contribution < -0.4 is 19.5 Å². The lowest BCUT2D eigenvalue weighted by atomic mass is 10.2. The Labute approximate surface area is 182 Å². The Morgan fingerprint density at radius 3 is 2.83 bits per heavy atom. The highest BCUT2D eigenvalue weighted by atomic mass is 35.5. The number of aromatic nitrogens is 3. The first-order valence-electron chi connectivity index (χ1n) is 9.17. The van der Waals surface area contributed by atoms with Crippen LogP contribution in [-0.4, -0.2) is 39.8 Å². The van der Waals surface area contributed by atoms with Gasteiger partial charge >= 0.3 is 0 Å². The molecule has 0 saturated carbocycles. The summed E-state index contributed by atoms with van der Waals surface area (Å²) in [7, 11) is 1.87. The molecule has 0 atom stereocenters. The van der Waals surface area contributed by atoms with Crippen molar-refractivity contribution in [1.29, 1.82) is 0 Å². The first-order valence-corrected chi connectivity index (χ1v) is 10.5. The molecule has 3 aromatic rings. The molecule has 1 N–H and O–H groups in total. The van der Waals surface area contributed by atoms with Crippen molar-refractivity contribution in [2.75, 3.05) is 19.2 Å². The molecule has 1 amide bonds. The summed E-state index contributed by atoms with van der Waals surface area (Å²) in [5, 5.41) is 12.6. The molecule has 2 aromatic carbocycles. The third-order valence-electron chi connectivity index (χ3n) is 4.36. The van der Waals surface area contributed by atoms with E-state index in [1.165, 1.54) is 11.8 Å². The lowest BCUT2D eigenvalue weighted by molar-refractivity contribution is 0.0949. The van der Waals surface area contributed by atoms with Gasteiger partial charge in [0.1, 0.15) is 5.75 Å². The van der Waals surface area contributed by atoms with Crippen molar-refractivity contribution in [3.8, 4) is 17.2 Å². The number of benzene rings is 2. The average Bonchev–Trinajstić information content (AvgIpc) is 3.37. The predicted molar refractivity (Wildman–Crippen MR) is 112 cm³/mol. The lowest BCUT2D eigenvalue weighted by Crippen LogP contribution is -2.24. The molecule has 0 radical (unpaired) electrons. The van der Waals surface area contributed by atoms with E-state index in [1.54, 1.807) is 30.3 Å². The molecule has 1 aliphatic heterocycles. The van der Waals surface area contributed by atoms with E-state index in [9.17, 15) is 4.79 Å². The minimum absolute atomic E-state index is 0.171. The van der Waals surface area contributed by atoms with E-state index in [0.717, 1.165) is 10.9 Å². The molecule has 0 fully saturated rings. The van der Waals surface area contributed by atoms with Gasteiger partial charge in [-0.2, -0.15) is 0 Å². The van der Waals surface area contributed by atoms with Crippen LogP contribution in [0.1, 0.15) is 16.2 Å². The SMILES string of the molecule is Cn1c(CNC(=O)c2ccc3c(c2)OCO3)nnc1SCCOc1ccc(Cl)cc1. The second kappa shape index (κ2) is 9.27. The first kappa shape index (κ1) is 20.4. The molecule has 30 heavy (non-hydrogen) atoms. The highest BCUT2D eigenvalue weighted by molar-refractivity contribution is 7.99. The van der Waals surface area contributed by atoms with E-state index in [2.05, 4.69) is 15.5 Å². The van der Waals surface area contributed by atoms with Crippen LogP contribution in [0.15, 0.2) is 47.6 Å². The third-order valence-corrected chi connectivity index (χ3v) is 5.60. The molecule has 0 aliphatic carbocycles. The summed E-state index contributed by atoms with van der Waals surface area (Å²) < 4.78 is 18.1. The Bertz CT molecular complexity index is 1040. The van der Waals surface area contributed by atoms with Crippen LogP contribution in [0.4, 0.5) is 0 Å². The van der Waals surface area contributed by atoms with Crippen LogP contribution in [0.2, 0.25) is 5.02 Å². The smallest absolute Gasteiger partial charge is 0.251 e. The summed E-state index contributed by atoms with van der Waals surface area (Å²) in [4.78, 5) is 12.4. The van der Waals surface area contributed by atoms with E-state index >= 15 is 0 Å². The number of hydrogen-bond donors (Lipinski definition) is 1. The van der Waals surface area contributed by atoms with Gasteiger partial charge in [0.2, 0.25) is 6.79 Å². The van der Waals surface area contributed by atoms with Gasteiger partial charge in [0.25, 0.3) is 5.91 Å². The number of amides is 1. The van der Waals surface area contributed by atoms with Crippen LogP contribution in [0, 0.1) is 0 Å². The Kier molecular flexibility index (Phi) is 6.29. The van der Waals surface area contributed by atoms with Crippen molar-refractivity contribution in [2.24, 2.45) is 7.05 Å². The maximum absolute atomic E-state index is 12.4. The quantitative estimate of drug-likeness (QED) is 0.419. The Morgan fingerprint density at radius 2 is 2.00 bits per heavy atom. The topological polar surface area (TPSA) is 87.5 Å². The van der Waals surface area contributed by atoms with Crippen molar-refractivity contribution >= 4 is 29.3 Å².